The van der Waals surface area contributed by atoms with Gasteiger partial charge in [-0.1, -0.05) is 0 Å². The molecule has 0 aliphatic heterocycles. The molecule has 0 saturated heterocycles. The number of nitrogens with two attached hydrogens (primary N) is 1. The molecule has 0 aliphatic carbocycles. The zero-order chi connectivity index (χ0) is 17.0. The molecule has 2 aromatic heterocycles. The molecule has 0 bridgehead atoms. The van der Waals surface area contributed by atoms with Crippen LogP contribution in [0.5, 0.6) is 5.88 Å². The predicted octanol–water partition coefficient (Wildman–Crippen LogP) is 1.83. The lowest BCUT2D eigenvalue weighted by molar-refractivity contribution is -0.154. The predicted molar refractivity (Wildman–Crippen MR) is 74.4 cm³/mol. The van der Waals surface area contributed by atoms with Gasteiger partial charge in [-0.2, -0.15) is 13.2 Å². The Labute approximate surface area is 131 Å². The molecule has 2 rings (SSSR count). The van der Waals surface area contributed by atoms with Crippen molar-refractivity contribution in [1.82, 2.24) is 9.97 Å². The van der Waals surface area contributed by atoms with Gasteiger partial charge in [-0.05, 0) is 6.07 Å². The highest BCUT2D eigenvalue weighted by atomic mass is 32.1. The zero-order valence-electron chi connectivity index (χ0n) is 11.3. The molecule has 122 valence electrons. The smallest absolute Gasteiger partial charge is 0.422 e. The van der Waals surface area contributed by atoms with Gasteiger partial charge >= 0.3 is 6.18 Å². The first-order chi connectivity index (χ1) is 10.7. The third-order valence-corrected chi connectivity index (χ3v) is 3.12. The van der Waals surface area contributed by atoms with E-state index >= 15 is 0 Å². The molecular formula is C12H9F3N4O3S. The second kappa shape index (κ2) is 6.60. The molecule has 7 nitrogen and oxygen atoms in total. The number of rotatable bonds is 5. The Morgan fingerprint density at radius 3 is 2.61 bits per heavy atom. The summed E-state index contributed by atoms with van der Waals surface area (Å²) in [5.41, 5.74) is 5.13. The Bertz CT molecular complexity index is 715. The summed E-state index contributed by atoms with van der Waals surface area (Å²) in [6.45, 7) is -1.47. The number of hydrogen-bond acceptors (Lipinski definition) is 6. The quantitative estimate of drug-likeness (QED) is 0.859. The van der Waals surface area contributed by atoms with Gasteiger partial charge in [-0.25, -0.2) is 9.97 Å². The van der Waals surface area contributed by atoms with Crippen molar-refractivity contribution < 1.29 is 27.5 Å². The third-order valence-electron chi connectivity index (χ3n) is 2.36. The van der Waals surface area contributed by atoms with Crippen LogP contribution in [-0.2, 0) is 0 Å². The number of amides is 2. The first-order valence-electron chi connectivity index (χ1n) is 5.97. The summed E-state index contributed by atoms with van der Waals surface area (Å²) < 4.78 is 40.4. The van der Waals surface area contributed by atoms with Crippen LogP contribution >= 0.6 is 11.3 Å². The molecule has 0 spiro atoms. The van der Waals surface area contributed by atoms with Crippen LogP contribution in [0, 0.1) is 0 Å². The molecule has 0 saturated carbocycles. The first-order valence-corrected chi connectivity index (χ1v) is 6.85. The molecule has 0 unspecified atom stereocenters. The third kappa shape index (κ3) is 4.92. The number of hydrogen-bond donors (Lipinski definition) is 2. The lowest BCUT2D eigenvalue weighted by Crippen LogP contribution is -2.19. The van der Waals surface area contributed by atoms with E-state index in [0.717, 1.165) is 23.6 Å². The van der Waals surface area contributed by atoms with Crippen LogP contribution < -0.4 is 15.8 Å². The molecule has 2 heterocycles. The molecule has 0 atom stereocenters. The fraction of sp³-hybridized carbons (Fsp3) is 0.167. The number of anilines is 1. The van der Waals surface area contributed by atoms with E-state index in [1.165, 1.54) is 11.4 Å². The van der Waals surface area contributed by atoms with E-state index in [2.05, 4.69) is 20.0 Å². The molecule has 3 N–H and O–H groups in total. The van der Waals surface area contributed by atoms with Gasteiger partial charge in [0.25, 0.3) is 11.8 Å². The lowest BCUT2D eigenvalue weighted by Gasteiger charge is -2.08. The number of alkyl halides is 3. The van der Waals surface area contributed by atoms with Crippen molar-refractivity contribution >= 4 is 28.3 Å². The maximum atomic E-state index is 12.0. The van der Waals surface area contributed by atoms with Crippen molar-refractivity contribution in [2.75, 3.05) is 11.9 Å². The van der Waals surface area contributed by atoms with E-state index < -0.39 is 24.6 Å². The molecule has 0 aromatic carbocycles. The van der Waals surface area contributed by atoms with Gasteiger partial charge in [0, 0.05) is 17.6 Å². The summed E-state index contributed by atoms with van der Waals surface area (Å²) in [7, 11) is 0. The summed E-state index contributed by atoms with van der Waals surface area (Å²) in [6, 6.07) is 2.38. The number of ether oxygens (including phenoxy) is 1. The van der Waals surface area contributed by atoms with E-state index in [4.69, 9.17) is 5.73 Å². The second-order valence-electron chi connectivity index (χ2n) is 4.15. The molecule has 0 fully saturated rings. The normalized spacial score (nSPS) is 11.1. The number of primary amides is 1. The molecule has 0 aliphatic rings. The van der Waals surface area contributed by atoms with Gasteiger partial charge < -0.3 is 10.5 Å². The Kier molecular flexibility index (Phi) is 4.79. The van der Waals surface area contributed by atoms with E-state index in [9.17, 15) is 22.8 Å². The van der Waals surface area contributed by atoms with Crippen LogP contribution in [0.15, 0.2) is 23.7 Å². The van der Waals surface area contributed by atoms with Crippen molar-refractivity contribution in [3.63, 3.8) is 0 Å². The van der Waals surface area contributed by atoms with Gasteiger partial charge in [0.15, 0.2) is 11.7 Å². The summed E-state index contributed by atoms with van der Waals surface area (Å²) in [5.74, 6) is -1.58. The first kappa shape index (κ1) is 16.7. The number of carbonyl (C=O) groups excluding carboxylic acids is 2. The average molecular weight is 346 g/mol. The summed E-state index contributed by atoms with van der Waals surface area (Å²) >= 11 is 1.00. The Morgan fingerprint density at radius 2 is 2.09 bits per heavy atom. The van der Waals surface area contributed by atoms with Crippen LogP contribution in [0.2, 0.25) is 0 Å². The van der Waals surface area contributed by atoms with Crippen molar-refractivity contribution in [3.8, 4) is 5.88 Å². The maximum absolute atomic E-state index is 12.0. The van der Waals surface area contributed by atoms with Crippen LogP contribution in [-0.4, -0.2) is 34.6 Å². The Hall–Kier alpha value is -2.69. The highest BCUT2D eigenvalue weighted by Gasteiger charge is 2.28. The number of carbonyl (C=O) groups is 2. The van der Waals surface area contributed by atoms with Gasteiger partial charge in [-0.15, -0.1) is 11.3 Å². The molecule has 2 amide bonds. The van der Waals surface area contributed by atoms with Crippen LogP contribution in [0.25, 0.3) is 0 Å². The Morgan fingerprint density at radius 1 is 1.35 bits per heavy atom. The minimum Gasteiger partial charge on any atom is -0.468 e. The zero-order valence-corrected chi connectivity index (χ0v) is 12.1. The van der Waals surface area contributed by atoms with Crippen molar-refractivity contribution in [2.45, 2.75) is 6.18 Å². The van der Waals surface area contributed by atoms with E-state index in [1.807, 2.05) is 0 Å². The summed E-state index contributed by atoms with van der Waals surface area (Å²) in [5, 5.41) is 3.94. The minimum absolute atomic E-state index is 0.0133. The summed E-state index contributed by atoms with van der Waals surface area (Å²) in [4.78, 5) is 30.2. The monoisotopic (exact) mass is 346 g/mol. The SMILES string of the molecule is NC(=O)c1csc(NC(=O)c2ccc(OCC(F)(F)F)nc2)n1. The van der Waals surface area contributed by atoms with Crippen LogP contribution in [0.3, 0.4) is 0 Å². The van der Waals surface area contributed by atoms with Gasteiger partial charge in [0.2, 0.25) is 5.88 Å². The maximum Gasteiger partial charge on any atom is 0.422 e. The minimum atomic E-state index is -4.47. The van der Waals surface area contributed by atoms with Gasteiger partial charge in [-0.3, -0.25) is 14.9 Å². The summed E-state index contributed by atoms with van der Waals surface area (Å²) in [6.07, 6.45) is -3.41. The molecule has 23 heavy (non-hydrogen) atoms. The van der Waals surface area contributed by atoms with E-state index in [1.54, 1.807) is 0 Å². The van der Waals surface area contributed by atoms with Crippen molar-refractivity contribution in [1.29, 1.82) is 0 Å². The highest BCUT2D eigenvalue weighted by molar-refractivity contribution is 7.14. The number of nitrogens with one attached hydrogen (secondary N) is 1. The van der Waals surface area contributed by atoms with E-state index in [-0.39, 0.29) is 22.3 Å². The lowest BCUT2D eigenvalue weighted by atomic mass is 10.3. The fourth-order valence-corrected chi connectivity index (χ4v) is 2.06. The van der Waals surface area contributed by atoms with Gasteiger partial charge in [0.1, 0.15) is 5.69 Å². The highest BCUT2D eigenvalue weighted by Crippen LogP contribution is 2.18. The number of nitrogens with zero attached hydrogens (tertiary/aromatic N) is 2. The average Bonchev–Trinajstić information content (AvgIpc) is 2.93. The molecule has 2 aromatic rings. The van der Waals surface area contributed by atoms with Crippen molar-refractivity contribution in [3.05, 3.63) is 35.0 Å². The standard InChI is InChI=1S/C12H9F3N4O3S/c13-12(14,15)5-22-8-2-1-6(3-17-8)10(21)19-11-18-7(4-23-11)9(16)20/h1-4H,5H2,(H2,16,20)(H,18,19,21). The molecular weight excluding hydrogens is 337 g/mol. The molecule has 11 heteroatoms. The van der Waals surface area contributed by atoms with Crippen molar-refractivity contribution in [2.24, 2.45) is 5.73 Å². The largest absolute Gasteiger partial charge is 0.468 e. The van der Waals surface area contributed by atoms with Crippen LogP contribution in [0.1, 0.15) is 20.8 Å². The topological polar surface area (TPSA) is 107 Å². The van der Waals surface area contributed by atoms with Crippen LogP contribution in [0.4, 0.5) is 18.3 Å². The fourth-order valence-electron chi connectivity index (χ4n) is 1.37. The van der Waals surface area contributed by atoms with E-state index in [0.29, 0.717) is 0 Å². The van der Waals surface area contributed by atoms with Gasteiger partial charge in [0.05, 0.1) is 5.56 Å². The Balaban J connectivity index is 1.98. The number of halogens is 3. The number of aromatic nitrogens is 2. The molecule has 0 radical (unpaired) electrons. The number of pyridine rings is 1. The number of thiazole rings is 1. The second-order valence-corrected chi connectivity index (χ2v) is 5.00.